The lowest BCUT2D eigenvalue weighted by Gasteiger charge is -2.32. The molecule has 16 heavy (non-hydrogen) atoms. The van der Waals surface area contributed by atoms with Crippen LogP contribution in [0.2, 0.25) is 0 Å². The summed E-state index contributed by atoms with van der Waals surface area (Å²) in [5.41, 5.74) is 2.34. The van der Waals surface area contributed by atoms with Gasteiger partial charge in [0.15, 0.2) is 0 Å². The van der Waals surface area contributed by atoms with E-state index in [0.29, 0.717) is 6.54 Å². The molecular weight excluding hydrogens is 222 g/mol. The molecule has 1 unspecified atom stereocenters. The Morgan fingerprint density at radius 3 is 3.06 bits per heavy atom. The van der Waals surface area contributed by atoms with Gasteiger partial charge in [0, 0.05) is 24.5 Å². The predicted octanol–water partition coefficient (Wildman–Crippen LogP) is 2.00. The monoisotopic (exact) mass is 237 g/mol. The molecule has 1 N–H and O–H groups in total. The molecule has 1 aliphatic heterocycles. The zero-order chi connectivity index (χ0) is 11.5. The van der Waals surface area contributed by atoms with Crippen molar-refractivity contribution in [1.29, 1.82) is 0 Å². The Morgan fingerprint density at radius 1 is 1.56 bits per heavy atom. The van der Waals surface area contributed by atoms with Crippen molar-refractivity contribution in [3.05, 3.63) is 29.8 Å². The Morgan fingerprint density at radius 2 is 2.38 bits per heavy atom. The number of carboxylic acid groups (broad SMARTS) is 1. The van der Waals surface area contributed by atoms with Gasteiger partial charge in [-0.2, -0.15) is 0 Å². The molecule has 0 saturated carbocycles. The maximum Gasteiger partial charge on any atom is 0.318 e. The number of hydrogen-bond acceptors (Lipinski definition) is 3. The molecule has 1 aromatic rings. The summed E-state index contributed by atoms with van der Waals surface area (Å²) in [7, 11) is 0. The Bertz CT molecular complexity index is 394. The number of nitrogens with zero attached hydrogens (tertiary/aromatic N) is 1. The van der Waals surface area contributed by atoms with Crippen LogP contribution in [-0.4, -0.2) is 35.2 Å². The highest BCUT2D eigenvalue weighted by Crippen LogP contribution is 2.24. The third kappa shape index (κ3) is 2.50. The minimum atomic E-state index is -0.706. The van der Waals surface area contributed by atoms with E-state index in [4.69, 9.17) is 5.11 Å². The summed E-state index contributed by atoms with van der Waals surface area (Å²) >= 11 is 1.53. The first kappa shape index (κ1) is 11.3. The van der Waals surface area contributed by atoms with Gasteiger partial charge in [-0.05, 0) is 24.6 Å². The van der Waals surface area contributed by atoms with Crippen molar-refractivity contribution in [2.75, 3.05) is 23.7 Å². The van der Waals surface area contributed by atoms with Crippen LogP contribution in [-0.2, 0) is 4.79 Å². The van der Waals surface area contributed by atoms with Crippen molar-refractivity contribution < 1.29 is 9.90 Å². The summed E-state index contributed by atoms with van der Waals surface area (Å²) in [6.45, 7) is 3.58. The molecule has 0 spiro atoms. The summed E-state index contributed by atoms with van der Waals surface area (Å²) < 4.78 is 0. The highest BCUT2D eigenvalue weighted by molar-refractivity contribution is 8.00. The molecule has 0 amide bonds. The molecule has 0 bridgehead atoms. The van der Waals surface area contributed by atoms with Gasteiger partial charge in [-0.1, -0.05) is 12.1 Å². The molecule has 1 aromatic carbocycles. The van der Waals surface area contributed by atoms with Gasteiger partial charge in [-0.15, -0.1) is 11.8 Å². The topological polar surface area (TPSA) is 40.5 Å². The van der Waals surface area contributed by atoms with Gasteiger partial charge in [0.25, 0.3) is 0 Å². The Labute approximate surface area is 99.5 Å². The second-order valence-electron chi connectivity index (χ2n) is 3.98. The molecular formula is C12H15NO2S. The number of carbonyl (C=O) groups is 1. The van der Waals surface area contributed by atoms with Gasteiger partial charge >= 0.3 is 5.97 Å². The average Bonchev–Trinajstić information content (AvgIpc) is 2.29. The van der Waals surface area contributed by atoms with Crippen molar-refractivity contribution >= 4 is 23.4 Å². The van der Waals surface area contributed by atoms with Crippen LogP contribution < -0.4 is 4.90 Å². The van der Waals surface area contributed by atoms with Crippen molar-refractivity contribution in [1.82, 2.24) is 0 Å². The number of benzene rings is 1. The Kier molecular flexibility index (Phi) is 3.39. The maximum absolute atomic E-state index is 11.0. The van der Waals surface area contributed by atoms with Crippen LogP contribution in [0.3, 0.4) is 0 Å². The Balaban J connectivity index is 2.12. The van der Waals surface area contributed by atoms with Crippen molar-refractivity contribution in [2.45, 2.75) is 12.2 Å². The second-order valence-corrected chi connectivity index (χ2v) is 5.29. The average molecular weight is 237 g/mol. The predicted molar refractivity (Wildman–Crippen MR) is 67.3 cm³/mol. The molecule has 0 radical (unpaired) electrons. The lowest BCUT2D eigenvalue weighted by atomic mass is 10.2. The molecule has 1 atom stereocenters. The van der Waals surface area contributed by atoms with Gasteiger partial charge in [0.1, 0.15) is 5.25 Å². The molecule has 1 fully saturated rings. The zero-order valence-corrected chi connectivity index (χ0v) is 10.0. The highest BCUT2D eigenvalue weighted by Gasteiger charge is 2.25. The first-order valence-corrected chi connectivity index (χ1v) is 6.38. The fraction of sp³-hybridized carbons (Fsp3) is 0.417. The number of hydrogen-bond donors (Lipinski definition) is 1. The fourth-order valence-corrected chi connectivity index (χ4v) is 2.90. The van der Waals surface area contributed by atoms with Crippen LogP contribution in [0.1, 0.15) is 5.56 Å². The minimum absolute atomic E-state index is 0.297. The summed E-state index contributed by atoms with van der Waals surface area (Å²) in [6, 6.07) is 8.22. The quantitative estimate of drug-likeness (QED) is 0.854. The van der Waals surface area contributed by atoms with Gasteiger partial charge in [-0.3, -0.25) is 4.79 Å². The van der Waals surface area contributed by atoms with Crippen molar-refractivity contribution in [2.24, 2.45) is 0 Å². The molecule has 0 aromatic heterocycles. The maximum atomic E-state index is 11.0. The summed E-state index contributed by atoms with van der Waals surface area (Å²) in [4.78, 5) is 13.1. The summed E-state index contributed by atoms with van der Waals surface area (Å²) in [5, 5.41) is 8.71. The number of anilines is 1. The number of rotatable bonds is 2. The standard InChI is InChI=1S/C12H15NO2S/c1-9-3-2-4-10(7-9)13-5-6-16-11(8-13)12(14)15/h2-4,7,11H,5-6,8H2,1H3,(H,14,15). The fourth-order valence-electron chi connectivity index (χ4n) is 1.86. The molecule has 4 heteroatoms. The van der Waals surface area contributed by atoms with Gasteiger partial charge in [0.05, 0.1) is 0 Å². The first-order valence-electron chi connectivity index (χ1n) is 5.33. The van der Waals surface area contributed by atoms with Gasteiger partial charge in [0.2, 0.25) is 0 Å². The normalized spacial score (nSPS) is 20.8. The van der Waals surface area contributed by atoms with E-state index in [-0.39, 0.29) is 5.25 Å². The van der Waals surface area contributed by atoms with Crippen LogP contribution in [0.25, 0.3) is 0 Å². The summed E-state index contributed by atoms with van der Waals surface area (Å²) in [5.74, 6) is 0.174. The molecule has 3 nitrogen and oxygen atoms in total. The third-order valence-electron chi connectivity index (χ3n) is 2.71. The smallest absolute Gasteiger partial charge is 0.318 e. The summed E-state index contributed by atoms with van der Waals surface area (Å²) in [6.07, 6.45) is 0. The Hall–Kier alpha value is -1.16. The van der Waals surface area contributed by atoms with E-state index in [2.05, 4.69) is 24.0 Å². The van der Waals surface area contributed by atoms with E-state index >= 15 is 0 Å². The van der Waals surface area contributed by atoms with E-state index in [1.807, 2.05) is 12.1 Å². The minimum Gasteiger partial charge on any atom is -0.480 e. The van der Waals surface area contributed by atoms with E-state index in [9.17, 15) is 4.79 Å². The van der Waals surface area contributed by atoms with E-state index in [1.165, 1.54) is 17.3 Å². The molecule has 1 saturated heterocycles. The van der Waals surface area contributed by atoms with Crippen molar-refractivity contribution in [3.8, 4) is 0 Å². The molecule has 1 heterocycles. The number of aliphatic carboxylic acids is 1. The molecule has 1 aliphatic rings. The molecule has 2 rings (SSSR count). The number of thioether (sulfide) groups is 1. The van der Waals surface area contributed by atoms with Gasteiger partial charge in [-0.25, -0.2) is 0 Å². The highest BCUT2D eigenvalue weighted by atomic mass is 32.2. The lowest BCUT2D eigenvalue weighted by molar-refractivity contribution is -0.136. The van der Waals surface area contributed by atoms with Crippen LogP contribution in [0.4, 0.5) is 5.69 Å². The number of carboxylic acids is 1. The third-order valence-corrected chi connectivity index (χ3v) is 3.88. The largest absolute Gasteiger partial charge is 0.480 e. The lowest BCUT2D eigenvalue weighted by Crippen LogP contribution is -2.41. The van der Waals surface area contributed by atoms with Crippen LogP contribution in [0.15, 0.2) is 24.3 Å². The molecule has 86 valence electrons. The van der Waals surface area contributed by atoms with Crippen LogP contribution in [0.5, 0.6) is 0 Å². The van der Waals surface area contributed by atoms with Crippen LogP contribution in [0, 0.1) is 6.92 Å². The molecule has 0 aliphatic carbocycles. The second kappa shape index (κ2) is 4.78. The van der Waals surface area contributed by atoms with E-state index in [0.717, 1.165) is 18.0 Å². The first-order chi connectivity index (χ1) is 7.66. The number of aryl methyl sites for hydroxylation is 1. The van der Waals surface area contributed by atoms with Gasteiger partial charge < -0.3 is 10.0 Å². The van der Waals surface area contributed by atoms with Crippen molar-refractivity contribution in [3.63, 3.8) is 0 Å². The SMILES string of the molecule is Cc1cccc(N2CCSC(C(=O)O)C2)c1. The van der Waals surface area contributed by atoms with E-state index in [1.54, 1.807) is 0 Å². The van der Waals surface area contributed by atoms with E-state index < -0.39 is 5.97 Å². The zero-order valence-electron chi connectivity index (χ0n) is 9.22. The van der Waals surface area contributed by atoms with Crippen LogP contribution >= 0.6 is 11.8 Å².